The number of ether oxygens (including phenoxy) is 2. The molecule has 0 fully saturated rings. The molecule has 2 N–H and O–H groups in total. The molecule has 0 bridgehead atoms. The number of rotatable bonds is 10. The second-order valence-electron chi connectivity index (χ2n) is 5.27. The number of nitrogens with one attached hydrogen (secondary N) is 2. The molecule has 7 nitrogen and oxygen atoms in total. The second kappa shape index (κ2) is 13.4. The van der Waals surface area contributed by atoms with Crippen molar-refractivity contribution in [3.63, 3.8) is 0 Å². The van der Waals surface area contributed by atoms with E-state index in [4.69, 9.17) is 13.9 Å². The van der Waals surface area contributed by atoms with Gasteiger partial charge in [-0.1, -0.05) is 0 Å². The summed E-state index contributed by atoms with van der Waals surface area (Å²) in [5.74, 6) is 2.23. The van der Waals surface area contributed by atoms with E-state index < -0.39 is 0 Å². The largest absolute Gasteiger partial charge is 0.478 e. The van der Waals surface area contributed by atoms with Crippen molar-refractivity contribution in [2.24, 2.45) is 4.99 Å². The third-order valence-corrected chi connectivity index (χ3v) is 3.36. The molecule has 2 rings (SSSR count). The van der Waals surface area contributed by atoms with Gasteiger partial charge in [0.05, 0.1) is 12.9 Å². The molecule has 0 aliphatic rings. The molecular weight excluding hydrogens is 447 g/mol. The van der Waals surface area contributed by atoms with E-state index in [9.17, 15) is 0 Å². The highest BCUT2D eigenvalue weighted by Gasteiger charge is 2.01. The molecule has 2 aromatic heterocycles. The van der Waals surface area contributed by atoms with Gasteiger partial charge in [-0.15, -0.1) is 24.0 Å². The average molecular weight is 474 g/mol. The Morgan fingerprint density at radius 1 is 1.31 bits per heavy atom. The quantitative estimate of drug-likeness (QED) is 0.239. The van der Waals surface area contributed by atoms with E-state index in [1.165, 1.54) is 0 Å². The fraction of sp³-hybridized carbons (Fsp3) is 0.444. The normalized spacial score (nSPS) is 10.9. The number of pyridine rings is 1. The predicted octanol–water partition coefficient (Wildman–Crippen LogP) is 2.96. The number of halogens is 1. The molecule has 0 amide bonds. The van der Waals surface area contributed by atoms with E-state index in [-0.39, 0.29) is 24.0 Å². The number of hydrogen-bond donors (Lipinski definition) is 2. The number of aromatic nitrogens is 1. The predicted molar refractivity (Wildman–Crippen MR) is 112 cm³/mol. The molecule has 0 aromatic carbocycles. The van der Waals surface area contributed by atoms with E-state index in [2.05, 4.69) is 20.6 Å². The lowest BCUT2D eigenvalue weighted by Crippen LogP contribution is -2.37. The molecule has 0 saturated carbocycles. The van der Waals surface area contributed by atoms with Crippen molar-refractivity contribution in [1.29, 1.82) is 0 Å². The third-order valence-electron chi connectivity index (χ3n) is 3.36. The van der Waals surface area contributed by atoms with Crippen LogP contribution in [-0.4, -0.2) is 37.7 Å². The van der Waals surface area contributed by atoms with Crippen LogP contribution in [0, 0.1) is 0 Å². The van der Waals surface area contributed by atoms with Crippen LogP contribution in [0.3, 0.4) is 0 Å². The van der Waals surface area contributed by atoms with Crippen molar-refractivity contribution < 1.29 is 13.9 Å². The lowest BCUT2D eigenvalue weighted by Gasteiger charge is -2.12. The SMILES string of the molecule is CCOc1cc(CNC(=NC)NCCCOCc2ccco2)ccn1.I. The molecule has 0 aliphatic heterocycles. The van der Waals surface area contributed by atoms with Gasteiger partial charge in [-0.05, 0) is 37.1 Å². The first-order chi connectivity index (χ1) is 12.3. The van der Waals surface area contributed by atoms with E-state index in [0.717, 1.165) is 30.2 Å². The van der Waals surface area contributed by atoms with Crippen molar-refractivity contribution in [3.05, 3.63) is 48.0 Å². The molecule has 2 aromatic rings. The van der Waals surface area contributed by atoms with Gasteiger partial charge in [-0.3, -0.25) is 4.99 Å². The Labute approximate surface area is 171 Å². The van der Waals surface area contributed by atoms with Crippen LogP contribution in [0.4, 0.5) is 0 Å². The van der Waals surface area contributed by atoms with Crippen LogP contribution in [-0.2, 0) is 17.9 Å². The summed E-state index contributed by atoms with van der Waals surface area (Å²) in [5, 5.41) is 6.53. The second-order valence-corrected chi connectivity index (χ2v) is 5.27. The molecule has 8 heteroatoms. The first-order valence-electron chi connectivity index (χ1n) is 8.44. The zero-order valence-electron chi connectivity index (χ0n) is 15.2. The van der Waals surface area contributed by atoms with Crippen LogP contribution in [0.5, 0.6) is 5.88 Å². The van der Waals surface area contributed by atoms with Crippen LogP contribution >= 0.6 is 24.0 Å². The Kier molecular flexibility index (Phi) is 11.5. The molecule has 26 heavy (non-hydrogen) atoms. The van der Waals surface area contributed by atoms with Crippen LogP contribution in [0.2, 0.25) is 0 Å². The lowest BCUT2D eigenvalue weighted by atomic mass is 10.2. The molecule has 0 unspecified atom stereocenters. The number of guanidine groups is 1. The van der Waals surface area contributed by atoms with E-state index in [1.54, 1.807) is 19.5 Å². The van der Waals surface area contributed by atoms with Gasteiger partial charge in [0, 0.05) is 39.0 Å². The zero-order chi connectivity index (χ0) is 17.7. The molecule has 0 aliphatic carbocycles. The summed E-state index contributed by atoms with van der Waals surface area (Å²) in [4.78, 5) is 8.37. The van der Waals surface area contributed by atoms with Gasteiger partial charge in [-0.25, -0.2) is 4.98 Å². The van der Waals surface area contributed by atoms with Gasteiger partial charge >= 0.3 is 0 Å². The Morgan fingerprint density at radius 2 is 2.19 bits per heavy atom. The topological polar surface area (TPSA) is 80.9 Å². The van der Waals surface area contributed by atoms with Crippen molar-refractivity contribution in [1.82, 2.24) is 15.6 Å². The summed E-state index contributed by atoms with van der Waals surface area (Å²) in [6.07, 6.45) is 4.27. The first-order valence-corrected chi connectivity index (χ1v) is 8.44. The monoisotopic (exact) mass is 474 g/mol. The van der Waals surface area contributed by atoms with Gasteiger partial charge < -0.3 is 24.5 Å². The molecular formula is C18H27IN4O3. The van der Waals surface area contributed by atoms with Gasteiger partial charge in [0.25, 0.3) is 0 Å². The molecule has 0 atom stereocenters. The Hall–Kier alpha value is -1.81. The molecule has 0 radical (unpaired) electrons. The van der Waals surface area contributed by atoms with Crippen molar-refractivity contribution >= 4 is 29.9 Å². The molecule has 0 saturated heterocycles. The molecule has 0 spiro atoms. The summed E-state index contributed by atoms with van der Waals surface area (Å²) in [6.45, 7) is 5.14. The maximum atomic E-state index is 5.54. The number of nitrogens with zero attached hydrogens (tertiary/aromatic N) is 2. The third kappa shape index (κ3) is 8.52. The van der Waals surface area contributed by atoms with Gasteiger partial charge in [0.15, 0.2) is 5.96 Å². The highest BCUT2D eigenvalue weighted by atomic mass is 127. The highest BCUT2D eigenvalue weighted by Crippen LogP contribution is 2.08. The Balaban J connectivity index is 0.00000338. The van der Waals surface area contributed by atoms with Crippen LogP contribution in [0.1, 0.15) is 24.7 Å². The van der Waals surface area contributed by atoms with E-state index in [0.29, 0.717) is 32.2 Å². The minimum absolute atomic E-state index is 0. The fourth-order valence-corrected chi connectivity index (χ4v) is 2.14. The first kappa shape index (κ1) is 22.2. The number of furan rings is 1. The maximum absolute atomic E-state index is 5.54. The Morgan fingerprint density at radius 3 is 2.92 bits per heavy atom. The van der Waals surface area contributed by atoms with Crippen LogP contribution < -0.4 is 15.4 Å². The van der Waals surface area contributed by atoms with Gasteiger partial charge in [-0.2, -0.15) is 0 Å². The molecule has 2 heterocycles. The minimum Gasteiger partial charge on any atom is -0.478 e. The number of aliphatic imine (C=N–C) groups is 1. The zero-order valence-corrected chi connectivity index (χ0v) is 17.6. The lowest BCUT2D eigenvalue weighted by molar-refractivity contribution is 0.105. The summed E-state index contributed by atoms with van der Waals surface area (Å²) in [7, 11) is 1.75. The minimum atomic E-state index is 0. The summed E-state index contributed by atoms with van der Waals surface area (Å²) in [5.41, 5.74) is 1.09. The van der Waals surface area contributed by atoms with E-state index in [1.807, 2.05) is 31.2 Å². The van der Waals surface area contributed by atoms with Crippen LogP contribution in [0.25, 0.3) is 0 Å². The van der Waals surface area contributed by atoms with Gasteiger partial charge in [0.1, 0.15) is 12.4 Å². The summed E-state index contributed by atoms with van der Waals surface area (Å²) >= 11 is 0. The van der Waals surface area contributed by atoms with E-state index >= 15 is 0 Å². The van der Waals surface area contributed by atoms with Crippen molar-refractivity contribution in [2.75, 3.05) is 26.8 Å². The maximum Gasteiger partial charge on any atom is 0.213 e. The average Bonchev–Trinajstić information content (AvgIpc) is 3.14. The smallest absolute Gasteiger partial charge is 0.213 e. The van der Waals surface area contributed by atoms with Crippen molar-refractivity contribution in [2.45, 2.75) is 26.5 Å². The fourth-order valence-electron chi connectivity index (χ4n) is 2.14. The number of hydrogen-bond acceptors (Lipinski definition) is 5. The highest BCUT2D eigenvalue weighted by molar-refractivity contribution is 14.0. The Bertz CT molecular complexity index is 635. The van der Waals surface area contributed by atoms with Gasteiger partial charge in [0.2, 0.25) is 5.88 Å². The molecule has 144 valence electrons. The van der Waals surface area contributed by atoms with Crippen LogP contribution in [0.15, 0.2) is 46.1 Å². The summed E-state index contributed by atoms with van der Waals surface area (Å²) in [6, 6.07) is 7.63. The van der Waals surface area contributed by atoms with Crippen molar-refractivity contribution in [3.8, 4) is 5.88 Å². The summed E-state index contributed by atoms with van der Waals surface area (Å²) < 4.78 is 16.2. The standard InChI is InChI=1S/C18H26N4O3.HI/c1-3-24-17-12-15(7-9-20-17)13-22-18(19-2)21-8-5-10-23-14-16-6-4-11-25-16;/h4,6-7,9,11-12H,3,5,8,10,13-14H2,1-2H3,(H2,19,21,22);1H.